The van der Waals surface area contributed by atoms with Crippen molar-refractivity contribution in [1.82, 2.24) is 35.2 Å². The number of nitrogens with zero attached hydrogens (tertiary/aromatic N) is 5. The molecule has 0 saturated carbocycles. The Hall–Kier alpha value is -1.64. The van der Waals surface area contributed by atoms with E-state index in [2.05, 4.69) is 32.7 Å². The van der Waals surface area contributed by atoms with Crippen molar-refractivity contribution in [2.24, 2.45) is 0 Å². The van der Waals surface area contributed by atoms with Gasteiger partial charge in [0.15, 0.2) is 5.82 Å². The van der Waals surface area contributed by atoms with Crippen molar-refractivity contribution in [3.05, 3.63) is 30.1 Å². The monoisotopic (exact) mass is 415 g/mol. The summed E-state index contributed by atoms with van der Waals surface area (Å²) in [5.41, 5.74) is -0.620. The summed E-state index contributed by atoms with van der Waals surface area (Å²) in [5, 5.41) is 15.5. The SMILES string of the molecule is CCc1nc2n(n1)CCCC2NC(=O)C1(n2cccn2)CCNCC1.Cl.Cl. The first-order chi connectivity index (χ1) is 12.2. The first-order valence-corrected chi connectivity index (χ1v) is 9.18. The quantitative estimate of drug-likeness (QED) is 0.791. The summed E-state index contributed by atoms with van der Waals surface area (Å²) in [5.74, 6) is 1.78. The van der Waals surface area contributed by atoms with Crippen LogP contribution in [0.3, 0.4) is 0 Å². The molecule has 2 aliphatic rings. The highest BCUT2D eigenvalue weighted by molar-refractivity contribution is 5.86. The van der Waals surface area contributed by atoms with E-state index in [1.165, 1.54) is 0 Å². The molecule has 0 aliphatic carbocycles. The van der Waals surface area contributed by atoms with Crippen LogP contribution in [0.15, 0.2) is 18.5 Å². The van der Waals surface area contributed by atoms with Crippen molar-refractivity contribution in [1.29, 1.82) is 0 Å². The molecule has 1 unspecified atom stereocenters. The lowest BCUT2D eigenvalue weighted by molar-refractivity contribution is -0.133. The van der Waals surface area contributed by atoms with Gasteiger partial charge in [-0.25, -0.2) is 9.67 Å². The average molecular weight is 416 g/mol. The van der Waals surface area contributed by atoms with E-state index in [9.17, 15) is 4.79 Å². The second-order valence-corrected chi connectivity index (χ2v) is 6.86. The van der Waals surface area contributed by atoms with E-state index in [1.54, 1.807) is 6.20 Å². The third kappa shape index (κ3) is 3.97. The molecule has 4 rings (SSSR count). The van der Waals surface area contributed by atoms with Crippen LogP contribution in [0.5, 0.6) is 0 Å². The average Bonchev–Trinajstić information content (AvgIpc) is 3.32. The molecule has 27 heavy (non-hydrogen) atoms. The molecule has 150 valence electrons. The minimum absolute atomic E-state index is 0. The number of aryl methyl sites for hydroxylation is 2. The van der Waals surface area contributed by atoms with E-state index in [0.717, 1.165) is 63.4 Å². The minimum atomic E-state index is -0.620. The number of hydrogen-bond acceptors (Lipinski definition) is 5. The fourth-order valence-corrected chi connectivity index (χ4v) is 3.90. The summed E-state index contributed by atoms with van der Waals surface area (Å²) in [4.78, 5) is 18.0. The Morgan fingerprint density at radius 3 is 2.81 bits per heavy atom. The van der Waals surface area contributed by atoms with Gasteiger partial charge in [0, 0.05) is 25.4 Å². The molecule has 0 radical (unpaired) electrons. The molecule has 4 heterocycles. The Labute approximate surface area is 171 Å². The molecule has 8 nitrogen and oxygen atoms in total. The number of rotatable bonds is 4. The lowest BCUT2D eigenvalue weighted by Crippen LogP contribution is -2.55. The zero-order chi connectivity index (χ0) is 17.3. The number of carbonyl (C=O) groups is 1. The summed E-state index contributed by atoms with van der Waals surface area (Å²) in [6.45, 7) is 4.56. The van der Waals surface area contributed by atoms with Gasteiger partial charge in [-0.3, -0.25) is 9.48 Å². The van der Waals surface area contributed by atoms with Crippen molar-refractivity contribution >= 4 is 30.7 Å². The van der Waals surface area contributed by atoms with Crippen LogP contribution in [0.25, 0.3) is 0 Å². The van der Waals surface area contributed by atoms with Gasteiger partial charge in [0.1, 0.15) is 11.4 Å². The van der Waals surface area contributed by atoms with Gasteiger partial charge in [0.25, 0.3) is 0 Å². The number of amides is 1. The number of nitrogens with one attached hydrogen (secondary N) is 2. The van der Waals surface area contributed by atoms with E-state index in [0.29, 0.717) is 0 Å². The lowest BCUT2D eigenvalue weighted by Gasteiger charge is -2.38. The number of halogens is 2. The van der Waals surface area contributed by atoms with Gasteiger partial charge >= 0.3 is 0 Å². The molecule has 1 fully saturated rings. The van der Waals surface area contributed by atoms with Crippen molar-refractivity contribution in [3.63, 3.8) is 0 Å². The van der Waals surface area contributed by atoms with Gasteiger partial charge in [0.05, 0.1) is 6.04 Å². The third-order valence-electron chi connectivity index (χ3n) is 5.34. The summed E-state index contributed by atoms with van der Waals surface area (Å²) < 4.78 is 3.78. The number of carbonyl (C=O) groups excluding carboxylic acids is 1. The van der Waals surface area contributed by atoms with Crippen molar-refractivity contribution < 1.29 is 4.79 Å². The van der Waals surface area contributed by atoms with Crippen LogP contribution in [0, 0.1) is 0 Å². The maximum Gasteiger partial charge on any atom is 0.248 e. The molecular formula is C17H27Cl2N7O. The molecule has 2 aromatic rings. The van der Waals surface area contributed by atoms with Gasteiger partial charge < -0.3 is 10.6 Å². The van der Waals surface area contributed by atoms with Crippen LogP contribution in [0.2, 0.25) is 0 Å². The Bertz CT molecular complexity index is 741. The van der Waals surface area contributed by atoms with Crippen molar-refractivity contribution in [2.75, 3.05) is 13.1 Å². The molecule has 1 amide bonds. The van der Waals surface area contributed by atoms with Gasteiger partial charge in [-0.05, 0) is 44.8 Å². The largest absolute Gasteiger partial charge is 0.344 e. The minimum Gasteiger partial charge on any atom is -0.344 e. The molecule has 0 spiro atoms. The Morgan fingerprint density at radius 1 is 1.37 bits per heavy atom. The molecule has 0 bridgehead atoms. The lowest BCUT2D eigenvalue weighted by atomic mass is 9.87. The zero-order valence-electron chi connectivity index (χ0n) is 15.4. The molecular weight excluding hydrogens is 389 g/mol. The summed E-state index contributed by atoms with van der Waals surface area (Å²) in [6, 6.07) is 1.80. The normalized spacial score (nSPS) is 20.7. The second-order valence-electron chi connectivity index (χ2n) is 6.86. The number of hydrogen-bond donors (Lipinski definition) is 2. The molecule has 2 aliphatic heterocycles. The van der Waals surface area contributed by atoms with Gasteiger partial charge in [-0.1, -0.05) is 6.92 Å². The maximum absolute atomic E-state index is 13.3. The first-order valence-electron chi connectivity index (χ1n) is 9.18. The van der Waals surface area contributed by atoms with Gasteiger partial charge in [-0.15, -0.1) is 24.8 Å². The van der Waals surface area contributed by atoms with E-state index in [4.69, 9.17) is 0 Å². The summed E-state index contributed by atoms with van der Waals surface area (Å²) >= 11 is 0. The Balaban J connectivity index is 0.00000131. The van der Waals surface area contributed by atoms with E-state index >= 15 is 0 Å². The topological polar surface area (TPSA) is 89.7 Å². The van der Waals surface area contributed by atoms with Gasteiger partial charge in [-0.2, -0.15) is 10.2 Å². The van der Waals surface area contributed by atoms with E-state index < -0.39 is 5.54 Å². The Kier molecular flexibility index (Phi) is 7.25. The molecule has 1 saturated heterocycles. The van der Waals surface area contributed by atoms with Gasteiger partial charge in [0.2, 0.25) is 5.91 Å². The Morgan fingerprint density at radius 2 is 2.15 bits per heavy atom. The fourth-order valence-electron chi connectivity index (χ4n) is 3.90. The predicted octanol–water partition coefficient (Wildman–Crippen LogP) is 1.61. The zero-order valence-corrected chi connectivity index (χ0v) is 17.1. The maximum atomic E-state index is 13.3. The predicted molar refractivity (Wildman–Crippen MR) is 106 cm³/mol. The first kappa shape index (κ1) is 21.7. The van der Waals surface area contributed by atoms with Crippen LogP contribution in [0.1, 0.15) is 50.3 Å². The van der Waals surface area contributed by atoms with Crippen LogP contribution < -0.4 is 10.6 Å². The number of piperidine rings is 1. The number of aromatic nitrogens is 5. The highest BCUT2D eigenvalue weighted by atomic mass is 35.5. The number of fused-ring (bicyclic) bond motifs is 1. The molecule has 10 heteroatoms. The summed E-state index contributed by atoms with van der Waals surface area (Å²) in [7, 11) is 0. The standard InChI is InChI=1S/C17H25N7O.2ClH/c1-2-14-21-15-13(5-3-11-23(15)22-14)20-16(25)17(6-9-18-10-7-17)24-12-4-8-19-24;;/h4,8,12-13,18H,2-3,5-7,9-11H2,1H3,(H,20,25);2*1H. The second kappa shape index (κ2) is 9.03. The van der Waals surface area contributed by atoms with Crippen LogP contribution in [-0.2, 0) is 23.3 Å². The van der Waals surface area contributed by atoms with Crippen LogP contribution in [0.4, 0.5) is 0 Å². The highest BCUT2D eigenvalue weighted by Gasteiger charge is 2.43. The van der Waals surface area contributed by atoms with E-state index in [-0.39, 0.29) is 36.8 Å². The smallest absolute Gasteiger partial charge is 0.248 e. The van der Waals surface area contributed by atoms with E-state index in [1.807, 2.05) is 21.6 Å². The van der Waals surface area contributed by atoms with Crippen molar-refractivity contribution in [3.8, 4) is 0 Å². The van der Waals surface area contributed by atoms with Crippen LogP contribution in [-0.4, -0.2) is 43.5 Å². The fraction of sp³-hybridized carbons (Fsp3) is 0.647. The van der Waals surface area contributed by atoms with Crippen molar-refractivity contribution in [2.45, 2.75) is 57.2 Å². The molecule has 2 N–H and O–H groups in total. The molecule has 1 atom stereocenters. The molecule has 0 aromatic carbocycles. The third-order valence-corrected chi connectivity index (χ3v) is 5.34. The molecule has 2 aromatic heterocycles. The van der Waals surface area contributed by atoms with Crippen LogP contribution >= 0.6 is 24.8 Å². The summed E-state index contributed by atoms with van der Waals surface area (Å²) in [6.07, 6.45) is 7.82. The highest BCUT2D eigenvalue weighted by Crippen LogP contribution is 2.30.